The molecule has 0 spiro atoms. The molecule has 0 heterocycles. The van der Waals surface area contributed by atoms with Gasteiger partial charge in [0.15, 0.2) is 0 Å². The Morgan fingerprint density at radius 2 is 1.95 bits per heavy atom. The molecular weight excluding hydrogens is 248 g/mol. The van der Waals surface area contributed by atoms with Gasteiger partial charge in [0.05, 0.1) is 6.61 Å². The summed E-state index contributed by atoms with van der Waals surface area (Å²) < 4.78 is 14.6. The molecule has 1 aromatic carbocycles. The fourth-order valence-corrected chi connectivity index (χ4v) is 1.29. The molecule has 0 aliphatic carbocycles. The molecule has 0 N–H and O–H groups in total. The molecule has 0 atom stereocenters. The van der Waals surface area contributed by atoms with E-state index >= 15 is 0 Å². The van der Waals surface area contributed by atoms with E-state index in [9.17, 15) is 9.59 Å². The van der Waals surface area contributed by atoms with Crippen molar-refractivity contribution in [3.63, 3.8) is 0 Å². The maximum atomic E-state index is 11.6. The lowest BCUT2D eigenvalue weighted by Crippen LogP contribution is -2.13. The van der Waals surface area contributed by atoms with Crippen LogP contribution < -0.4 is 4.74 Å². The molecule has 19 heavy (non-hydrogen) atoms. The van der Waals surface area contributed by atoms with Crippen molar-refractivity contribution in [1.82, 2.24) is 0 Å². The van der Waals surface area contributed by atoms with Crippen LogP contribution in [0.3, 0.4) is 0 Å². The Balaban J connectivity index is 2.67. The zero-order valence-electron chi connectivity index (χ0n) is 11.0. The minimum Gasteiger partial charge on any atom is -0.462 e. The van der Waals surface area contributed by atoms with E-state index in [-0.39, 0.29) is 17.9 Å². The smallest absolute Gasteiger partial charge is 0.462 e. The van der Waals surface area contributed by atoms with Crippen LogP contribution in [0, 0.1) is 6.61 Å². The number of unbranched alkanes of at least 4 members (excludes halogenated alkanes) is 1. The Labute approximate surface area is 112 Å². The van der Waals surface area contributed by atoms with Crippen LogP contribution in [-0.2, 0) is 9.47 Å². The van der Waals surface area contributed by atoms with E-state index in [4.69, 9.17) is 14.2 Å². The monoisotopic (exact) mass is 265 g/mol. The fraction of sp³-hybridized carbons (Fsp3) is 0.357. The second-order valence-corrected chi connectivity index (χ2v) is 3.64. The third-order valence-corrected chi connectivity index (χ3v) is 2.16. The maximum Gasteiger partial charge on any atom is 0.514 e. The normalized spacial score (nSPS) is 9.79. The Bertz CT molecular complexity index is 428. The standard InChI is InChI=1S/C14H17O5/c1-3-5-10-18-14(16)19-12-9-7-6-8-11(12)13(15)17-4-2/h6-10H,3-5H2,1-2H3. The van der Waals surface area contributed by atoms with Crippen LogP contribution in [-0.4, -0.2) is 18.7 Å². The summed E-state index contributed by atoms with van der Waals surface area (Å²) in [5.41, 5.74) is 0.191. The number of esters is 1. The van der Waals surface area contributed by atoms with Crippen LogP contribution in [0.1, 0.15) is 37.0 Å². The molecule has 5 heteroatoms. The van der Waals surface area contributed by atoms with Crippen LogP contribution in [0.25, 0.3) is 0 Å². The van der Waals surface area contributed by atoms with Crippen molar-refractivity contribution >= 4 is 12.1 Å². The van der Waals surface area contributed by atoms with Crippen LogP contribution in [0.2, 0.25) is 0 Å². The van der Waals surface area contributed by atoms with Crippen molar-refractivity contribution in [3.05, 3.63) is 36.4 Å². The van der Waals surface area contributed by atoms with Gasteiger partial charge in [-0.05, 0) is 25.5 Å². The highest BCUT2D eigenvalue weighted by Gasteiger charge is 2.16. The average Bonchev–Trinajstić information content (AvgIpc) is 2.40. The van der Waals surface area contributed by atoms with Crippen molar-refractivity contribution in [2.24, 2.45) is 0 Å². The zero-order valence-corrected chi connectivity index (χ0v) is 11.0. The lowest BCUT2D eigenvalue weighted by molar-refractivity contribution is 0.0522. The highest BCUT2D eigenvalue weighted by atomic mass is 16.7. The molecule has 0 bridgehead atoms. The summed E-state index contributed by atoms with van der Waals surface area (Å²) >= 11 is 0. The van der Waals surface area contributed by atoms with Crippen LogP contribution in [0.15, 0.2) is 24.3 Å². The van der Waals surface area contributed by atoms with Gasteiger partial charge in [0, 0.05) is 0 Å². The lowest BCUT2D eigenvalue weighted by Gasteiger charge is -2.09. The SMILES string of the molecule is CCC[CH]OC(=O)Oc1ccccc1C(=O)OCC. The molecule has 0 fully saturated rings. The quantitative estimate of drug-likeness (QED) is 0.448. The van der Waals surface area contributed by atoms with E-state index < -0.39 is 12.1 Å². The highest BCUT2D eigenvalue weighted by Crippen LogP contribution is 2.19. The molecule has 0 saturated carbocycles. The second kappa shape index (κ2) is 8.13. The van der Waals surface area contributed by atoms with Gasteiger partial charge in [-0.25, -0.2) is 9.59 Å². The van der Waals surface area contributed by atoms with Gasteiger partial charge in [0.2, 0.25) is 0 Å². The molecule has 1 aromatic rings. The second-order valence-electron chi connectivity index (χ2n) is 3.64. The Morgan fingerprint density at radius 3 is 2.63 bits per heavy atom. The fourth-order valence-electron chi connectivity index (χ4n) is 1.29. The number of ether oxygens (including phenoxy) is 3. The number of benzene rings is 1. The van der Waals surface area contributed by atoms with Crippen molar-refractivity contribution in [3.8, 4) is 5.75 Å². The van der Waals surface area contributed by atoms with Gasteiger partial charge in [0.25, 0.3) is 0 Å². The first kappa shape index (κ1) is 15.0. The molecule has 0 aliphatic rings. The van der Waals surface area contributed by atoms with E-state index in [1.807, 2.05) is 6.92 Å². The summed E-state index contributed by atoms with van der Waals surface area (Å²) in [6, 6.07) is 6.35. The first-order valence-corrected chi connectivity index (χ1v) is 6.15. The number of rotatable bonds is 6. The van der Waals surface area contributed by atoms with E-state index in [1.54, 1.807) is 19.1 Å². The summed E-state index contributed by atoms with van der Waals surface area (Å²) in [6.07, 6.45) is 0.645. The van der Waals surface area contributed by atoms with Crippen molar-refractivity contribution in [2.45, 2.75) is 26.7 Å². The molecule has 0 aliphatic heterocycles. The molecule has 0 unspecified atom stereocenters. The van der Waals surface area contributed by atoms with Gasteiger partial charge < -0.3 is 14.2 Å². The van der Waals surface area contributed by atoms with Gasteiger partial charge in [-0.1, -0.05) is 25.5 Å². The number of carbonyl (C=O) groups excluding carboxylic acids is 2. The Kier molecular flexibility index (Phi) is 6.43. The summed E-state index contributed by atoms with van der Waals surface area (Å²) in [7, 11) is 0. The minimum absolute atomic E-state index is 0.121. The first-order valence-electron chi connectivity index (χ1n) is 6.15. The third kappa shape index (κ3) is 4.99. The van der Waals surface area contributed by atoms with E-state index in [0.29, 0.717) is 6.42 Å². The maximum absolute atomic E-state index is 11.6. The van der Waals surface area contributed by atoms with Gasteiger partial charge in [-0.2, -0.15) is 0 Å². The van der Waals surface area contributed by atoms with Crippen molar-refractivity contribution in [2.75, 3.05) is 6.61 Å². The summed E-state index contributed by atoms with van der Waals surface area (Å²) in [5.74, 6) is -0.417. The molecule has 1 radical (unpaired) electrons. The highest BCUT2D eigenvalue weighted by molar-refractivity contribution is 5.93. The molecule has 5 nitrogen and oxygen atoms in total. The van der Waals surface area contributed by atoms with E-state index in [2.05, 4.69) is 0 Å². The van der Waals surface area contributed by atoms with Gasteiger partial charge in [-0.15, -0.1) is 0 Å². The first-order chi connectivity index (χ1) is 9.19. The van der Waals surface area contributed by atoms with Gasteiger partial charge in [0.1, 0.15) is 17.9 Å². The molecule has 0 amide bonds. The van der Waals surface area contributed by atoms with Crippen LogP contribution >= 0.6 is 0 Å². The van der Waals surface area contributed by atoms with Crippen LogP contribution in [0.4, 0.5) is 4.79 Å². The number of para-hydroxylation sites is 1. The molecule has 103 valence electrons. The molecule has 0 saturated heterocycles. The Morgan fingerprint density at radius 1 is 1.21 bits per heavy atom. The molecule has 1 rings (SSSR count). The lowest BCUT2D eigenvalue weighted by atomic mass is 10.2. The third-order valence-electron chi connectivity index (χ3n) is 2.16. The van der Waals surface area contributed by atoms with Gasteiger partial charge >= 0.3 is 12.1 Å². The number of hydrogen-bond donors (Lipinski definition) is 0. The van der Waals surface area contributed by atoms with Crippen molar-refractivity contribution < 1.29 is 23.8 Å². The summed E-state index contributed by atoms with van der Waals surface area (Å²) in [5, 5.41) is 0. The van der Waals surface area contributed by atoms with E-state index in [1.165, 1.54) is 18.7 Å². The number of hydrogen-bond acceptors (Lipinski definition) is 5. The predicted octanol–water partition coefficient (Wildman–Crippen LogP) is 3.34. The van der Waals surface area contributed by atoms with Crippen LogP contribution in [0.5, 0.6) is 5.75 Å². The Hall–Kier alpha value is -2.04. The largest absolute Gasteiger partial charge is 0.514 e. The average molecular weight is 265 g/mol. The van der Waals surface area contributed by atoms with E-state index in [0.717, 1.165) is 6.42 Å². The summed E-state index contributed by atoms with van der Waals surface area (Å²) in [6.45, 7) is 5.29. The number of carbonyl (C=O) groups is 2. The zero-order chi connectivity index (χ0) is 14.1. The summed E-state index contributed by atoms with van der Waals surface area (Å²) in [4.78, 5) is 23.0. The predicted molar refractivity (Wildman–Crippen MR) is 68.7 cm³/mol. The van der Waals surface area contributed by atoms with Crippen molar-refractivity contribution in [1.29, 1.82) is 0 Å². The molecular formula is C14H17O5. The van der Waals surface area contributed by atoms with Gasteiger partial charge in [-0.3, -0.25) is 0 Å². The minimum atomic E-state index is -0.870. The molecule has 0 aromatic heterocycles. The topological polar surface area (TPSA) is 61.8 Å².